The van der Waals surface area contributed by atoms with E-state index in [1.54, 1.807) is 5.57 Å². The van der Waals surface area contributed by atoms with Gasteiger partial charge in [0.1, 0.15) is 0 Å². The minimum absolute atomic E-state index is 0.787. The molecule has 0 aliphatic heterocycles. The van der Waals surface area contributed by atoms with Gasteiger partial charge in [-0.05, 0) is 25.7 Å². The van der Waals surface area contributed by atoms with E-state index in [-0.39, 0.29) is 0 Å². The average molecular weight is 196 g/mol. The quantitative estimate of drug-likeness (QED) is 0.529. The molecule has 0 amide bonds. The van der Waals surface area contributed by atoms with Crippen molar-refractivity contribution >= 4 is 0 Å². The van der Waals surface area contributed by atoms with Crippen molar-refractivity contribution in [3.05, 3.63) is 23.3 Å². The van der Waals surface area contributed by atoms with Crippen molar-refractivity contribution in [2.24, 2.45) is 5.92 Å². The van der Waals surface area contributed by atoms with Crippen molar-refractivity contribution in [1.29, 1.82) is 0 Å². The predicted molar refractivity (Wildman–Crippen MR) is 68.6 cm³/mol. The Morgan fingerprint density at radius 1 is 1.14 bits per heavy atom. The van der Waals surface area contributed by atoms with Crippen LogP contribution in [0.1, 0.15) is 61.3 Å². The van der Waals surface area contributed by atoms with Gasteiger partial charge in [-0.15, -0.1) is 0 Å². The molecule has 1 aliphatic carbocycles. The van der Waals surface area contributed by atoms with Crippen LogP contribution in [0.5, 0.6) is 0 Å². The van der Waals surface area contributed by atoms with Crippen molar-refractivity contribution in [3.63, 3.8) is 0 Å². The largest absolute Gasteiger partial charge is 0.0727 e. The van der Waals surface area contributed by atoms with Crippen LogP contribution in [0.4, 0.5) is 0 Å². The fourth-order valence-electron chi connectivity index (χ4n) is 1.56. The maximum atomic E-state index is 2.31. The van der Waals surface area contributed by atoms with E-state index in [0.717, 1.165) is 5.92 Å². The van der Waals surface area contributed by atoms with Gasteiger partial charge in [-0.3, -0.25) is 0 Å². The summed E-state index contributed by atoms with van der Waals surface area (Å²) in [4.78, 5) is 0. The SMILES string of the molecule is CC.CC.CCC1=CC=C(C)CC1C. The number of rotatable bonds is 1. The third-order valence-corrected chi connectivity index (χ3v) is 2.25. The van der Waals surface area contributed by atoms with Gasteiger partial charge in [-0.25, -0.2) is 0 Å². The lowest BCUT2D eigenvalue weighted by Crippen LogP contribution is -2.02. The van der Waals surface area contributed by atoms with Crippen LogP contribution < -0.4 is 0 Å². The minimum atomic E-state index is 0.787. The Bertz CT molecular complexity index is 172. The highest BCUT2D eigenvalue weighted by Crippen LogP contribution is 2.25. The van der Waals surface area contributed by atoms with E-state index in [4.69, 9.17) is 0 Å². The highest BCUT2D eigenvalue weighted by atomic mass is 14.2. The van der Waals surface area contributed by atoms with E-state index >= 15 is 0 Å². The molecular formula is C14H28. The maximum absolute atomic E-state index is 2.31. The lowest BCUT2D eigenvalue weighted by Gasteiger charge is -2.18. The van der Waals surface area contributed by atoms with Crippen molar-refractivity contribution in [3.8, 4) is 0 Å². The van der Waals surface area contributed by atoms with E-state index < -0.39 is 0 Å². The van der Waals surface area contributed by atoms with Crippen LogP contribution in [0.2, 0.25) is 0 Å². The van der Waals surface area contributed by atoms with Crippen LogP contribution >= 0.6 is 0 Å². The Balaban J connectivity index is 0. The van der Waals surface area contributed by atoms with E-state index in [1.165, 1.54) is 18.4 Å². The van der Waals surface area contributed by atoms with Gasteiger partial charge in [-0.1, -0.05) is 64.8 Å². The molecule has 0 fully saturated rings. The average Bonchev–Trinajstić information content (AvgIpc) is 2.24. The van der Waals surface area contributed by atoms with Gasteiger partial charge in [0, 0.05) is 0 Å². The van der Waals surface area contributed by atoms with E-state index in [2.05, 4.69) is 32.9 Å². The lowest BCUT2D eigenvalue weighted by molar-refractivity contribution is 0.639. The summed E-state index contributed by atoms with van der Waals surface area (Å²) < 4.78 is 0. The lowest BCUT2D eigenvalue weighted by atomic mass is 9.88. The number of allylic oxidation sites excluding steroid dienone is 4. The van der Waals surface area contributed by atoms with E-state index in [0.29, 0.717) is 0 Å². The molecule has 0 aromatic heterocycles. The van der Waals surface area contributed by atoms with Crippen LogP contribution in [-0.4, -0.2) is 0 Å². The first-order chi connectivity index (χ1) is 6.74. The third-order valence-electron chi connectivity index (χ3n) is 2.25. The van der Waals surface area contributed by atoms with Crippen molar-refractivity contribution in [1.82, 2.24) is 0 Å². The molecular weight excluding hydrogens is 168 g/mol. The Kier molecular flexibility index (Phi) is 12.0. The molecule has 0 aromatic carbocycles. The van der Waals surface area contributed by atoms with E-state index in [1.807, 2.05) is 27.7 Å². The monoisotopic (exact) mass is 196 g/mol. The highest BCUT2D eigenvalue weighted by Gasteiger charge is 2.09. The Morgan fingerprint density at radius 3 is 2.00 bits per heavy atom. The summed E-state index contributed by atoms with van der Waals surface area (Å²) in [5.74, 6) is 0.787. The maximum Gasteiger partial charge on any atom is -0.0191 e. The molecule has 14 heavy (non-hydrogen) atoms. The molecule has 1 aliphatic rings. The van der Waals surface area contributed by atoms with Gasteiger partial charge >= 0.3 is 0 Å². The fraction of sp³-hybridized carbons (Fsp3) is 0.714. The summed E-state index contributed by atoms with van der Waals surface area (Å²) in [6.45, 7) is 14.8. The Morgan fingerprint density at radius 2 is 1.64 bits per heavy atom. The van der Waals surface area contributed by atoms with Gasteiger partial charge in [0.15, 0.2) is 0 Å². The molecule has 0 aromatic rings. The first-order valence-electron chi connectivity index (χ1n) is 6.10. The normalized spacial score (nSPS) is 19.2. The third kappa shape index (κ3) is 6.01. The van der Waals surface area contributed by atoms with Gasteiger partial charge in [-0.2, -0.15) is 0 Å². The summed E-state index contributed by atoms with van der Waals surface area (Å²) in [5.41, 5.74) is 3.12. The molecule has 0 radical (unpaired) electrons. The summed E-state index contributed by atoms with van der Waals surface area (Å²) in [7, 11) is 0. The molecule has 1 rings (SSSR count). The smallest absolute Gasteiger partial charge is 0.0191 e. The number of hydrogen-bond donors (Lipinski definition) is 0. The van der Waals surface area contributed by atoms with Crippen molar-refractivity contribution in [2.75, 3.05) is 0 Å². The summed E-state index contributed by atoms with van der Waals surface area (Å²) >= 11 is 0. The molecule has 0 N–H and O–H groups in total. The van der Waals surface area contributed by atoms with Gasteiger partial charge in [0.05, 0.1) is 0 Å². The zero-order chi connectivity index (χ0) is 11.6. The second kappa shape index (κ2) is 10.6. The highest BCUT2D eigenvalue weighted by molar-refractivity contribution is 5.24. The zero-order valence-corrected chi connectivity index (χ0v) is 11.1. The minimum Gasteiger partial charge on any atom is -0.0727 e. The van der Waals surface area contributed by atoms with Crippen LogP contribution in [0.25, 0.3) is 0 Å². The predicted octanol–water partition coefficient (Wildman–Crippen LogP) is 5.36. The molecule has 0 heteroatoms. The fourth-order valence-corrected chi connectivity index (χ4v) is 1.56. The Hall–Kier alpha value is -0.520. The first kappa shape index (κ1) is 15.9. The summed E-state index contributed by atoms with van der Waals surface area (Å²) in [5, 5.41) is 0. The van der Waals surface area contributed by atoms with Crippen LogP contribution in [0.15, 0.2) is 23.3 Å². The molecule has 1 atom stereocenters. The molecule has 0 spiro atoms. The zero-order valence-electron chi connectivity index (χ0n) is 11.1. The molecule has 0 saturated carbocycles. The standard InChI is InChI=1S/C10H16.2C2H6/c1-4-10-6-5-8(2)7-9(10)3;2*1-2/h5-6,9H,4,7H2,1-3H3;2*1-2H3. The second-order valence-electron chi connectivity index (χ2n) is 3.21. The van der Waals surface area contributed by atoms with Crippen LogP contribution in [0, 0.1) is 5.92 Å². The van der Waals surface area contributed by atoms with Crippen LogP contribution in [-0.2, 0) is 0 Å². The van der Waals surface area contributed by atoms with Gasteiger partial charge < -0.3 is 0 Å². The van der Waals surface area contributed by atoms with Gasteiger partial charge in [0.25, 0.3) is 0 Å². The Labute approximate surface area is 91.1 Å². The van der Waals surface area contributed by atoms with E-state index in [9.17, 15) is 0 Å². The second-order valence-corrected chi connectivity index (χ2v) is 3.21. The van der Waals surface area contributed by atoms with Crippen molar-refractivity contribution < 1.29 is 0 Å². The molecule has 0 nitrogen and oxygen atoms in total. The topological polar surface area (TPSA) is 0 Å². The molecule has 1 unspecified atom stereocenters. The first-order valence-corrected chi connectivity index (χ1v) is 6.10. The molecule has 0 heterocycles. The molecule has 84 valence electrons. The summed E-state index contributed by atoms with van der Waals surface area (Å²) in [6.07, 6.45) is 7.01. The number of hydrogen-bond acceptors (Lipinski definition) is 0. The molecule has 0 saturated heterocycles. The van der Waals surface area contributed by atoms with Gasteiger partial charge in [0.2, 0.25) is 0 Å². The van der Waals surface area contributed by atoms with Crippen LogP contribution in [0.3, 0.4) is 0 Å². The summed E-state index contributed by atoms with van der Waals surface area (Å²) in [6, 6.07) is 0. The molecule has 0 bridgehead atoms. The van der Waals surface area contributed by atoms with Crippen molar-refractivity contribution in [2.45, 2.75) is 61.3 Å².